The molecule has 1 aliphatic rings. The molecule has 0 bridgehead atoms. The Kier molecular flexibility index (Phi) is 4.48. The third-order valence-corrected chi connectivity index (χ3v) is 5.57. The number of aromatic nitrogens is 2. The van der Waals surface area contributed by atoms with Crippen molar-refractivity contribution in [1.82, 2.24) is 9.97 Å². The molecule has 4 aromatic rings. The van der Waals surface area contributed by atoms with Crippen molar-refractivity contribution in [3.63, 3.8) is 0 Å². The van der Waals surface area contributed by atoms with Gasteiger partial charge in [-0.05, 0) is 30.2 Å². The lowest BCUT2D eigenvalue weighted by atomic mass is 9.81. The lowest BCUT2D eigenvalue weighted by molar-refractivity contribution is -0.148. The Morgan fingerprint density at radius 1 is 0.839 bits per heavy atom. The fraction of sp³-hybridized carbons (Fsp3) is 0.0741. The van der Waals surface area contributed by atoms with E-state index < -0.39 is 11.6 Å². The van der Waals surface area contributed by atoms with Crippen molar-refractivity contribution in [3.8, 4) is 22.5 Å². The van der Waals surface area contributed by atoms with E-state index in [1.807, 2.05) is 78.9 Å². The molecule has 1 aliphatic carbocycles. The van der Waals surface area contributed by atoms with Gasteiger partial charge in [0.05, 0.1) is 11.4 Å². The van der Waals surface area contributed by atoms with E-state index in [0.717, 1.165) is 33.5 Å². The maximum Gasteiger partial charge on any atom is 0.334 e. The SMILES string of the molecule is C=C(C)C(=O)OC1(c2ccccc2)c2cccnc2-c2nccc(-c3ccccc3)c21. The van der Waals surface area contributed by atoms with Crippen LogP contribution < -0.4 is 0 Å². The van der Waals surface area contributed by atoms with Crippen LogP contribution in [0.15, 0.2) is 103 Å². The largest absolute Gasteiger partial charge is 0.441 e. The summed E-state index contributed by atoms with van der Waals surface area (Å²) in [5.74, 6) is -0.464. The normalized spacial score (nSPS) is 16.3. The molecule has 0 fully saturated rings. The summed E-state index contributed by atoms with van der Waals surface area (Å²) in [5, 5.41) is 0. The number of hydrogen-bond donors (Lipinski definition) is 0. The zero-order valence-corrected chi connectivity index (χ0v) is 17.1. The average molecular weight is 404 g/mol. The number of ether oxygens (including phenoxy) is 1. The first-order valence-corrected chi connectivity index (χ1v) is 10.1. The van der Waals surface area contributed by atoms with Crippen LogP contribution in [0.25, 0.3) is 22.5 Å². The van der Waals surface area contributed by atoms with Gasteiger partial charge in [0.2, 0.25) is 0 Å². The summed E-state index contributed by atoms with van der Waals surface area (Å²) in [6.07, 6.45) is 3.52. The van der Waals surface area contributed by atoms with Crippen molar-refractivity contribution in [2.75, 3.05) is 0 Å². The summed E-state index contributed by atoms with van der Waals surface area (Å²) in [6.45, 7) is 5.46. The zero-order valence-electron chi connectivity index (χ0n) is 17.1. The molecule has 2 aromatic carbocycles. The standard InChI is InChI=1S/C27H20N2O2/c1-18(2)26(30)31-27(20-12-7-4-8-13-20)22-14-9-16-28-24(22)25-23(27)21(15-17-29-25)19-10-5-3-6-11-19/h3-17H,1H2,2H3. The summed E-state index contributed by atoms with van der Waals surface area (Å²) in [5.41, 5.74) is 4.99. The van der Waals surface area contributed by atoms with E-state index >= 15 is 0 Å². The topological polar surface area (TPSA) is 52.1 Å². The highest BCUT2D eigenvalue weighted by Gasteiger charge is 2.51. The first kappa shape index (κ1) is 18.9. The van der Waals surface area contributed by atoms with E-state index in [9.17, 15) is 4.79 Å². The van der Waals surface area contributed by atoms with Gasteiger partial charge in [0, 0.05) is 34.7 Å². The van der Waals surface area contributed by atoms with Gasteiger partial charge in [-0.3, -0.25) is 9.97 Å². The quantitative estimate of drug-likeness (QED) is 0.331. The van der Waals surface area contributed by atoms with Crippen LogP contribution in [-0.2, 0) is 15.1 Å². The Morgan fingerprint density at radius 2 is 1.52 bits per heavy atom. The maximum absolute atomic E-state index is 13.0. The zero-order chi connectivity index (χ0) is 21.4. The van der Waals surface area contributed by atoms with Gasteiger partial charge in [-0.25, -0.2) is 4.79 Å². The van der Waals surface area contributed by atoms with E-state index in [4.69, 9.17) is 4.74 Å². The first-order chi connectivity index (χ1) is 15.1. The van der Waals surface area contributed by atoms with Crippen LogP contribution in [0.1, 0.15) is 23.6 Å². The minimum absolute atomic E-state index is 0.333. The van der Waals surface area contributed by atoms with Crippen LogP contribution in [0.5, 0.6) is 0 Å². The van der Waals surface area contributed by atoms with Crippen molar-refractivity contribution in [2.45, 2.75) is 12.5 Å². The molecule has 4 nitrogen and oxygen atoms in total. The average Bonchev–Trinajstić information content (AvgIpc) is 3.11. The monoisotopic (exact) mass is 404 g/mol. The molecule has 2 aromatic heterocycles. The summed E-state index contributed by atoms with van der Waals surface area (Å²) in [4.78, 5) is 22.3. The Balaban J connectivity index is 1.92. The summed E-state index contributed by atoms with van der Waals surface area (Å²) < 4.78 is 6.34. The number of carbonyl (C=O) groups is 1. The Labute approximate surface area is 180 Å². The van der Waals surface area contributed by atoms with Gasteiger partial charge in [-0.2, -0.15) is 0 Å². The van der Waals surface area contributed by atoms with Crippen molar-refractivity contribution in [2.24, 2.45) is 0 Å². The highest BCUT2D eigenvalue weighted by Crippen LogP contribution is 2.54. The molecule has 31 heavy (non-hydrogen) atoms. The lowest BCUT2D eigenvalue weighted by Gasteiger charge is -2.33. The van der Waals surface area contributed by atoms with Crippen LogP contribution in [0.4, 0.5) is 0 Å². The fourth-order valence-electron chi connectivity index (χ4n) is 4.23. The number of rotatable bonds is 4. The van der Waals surface area contributed by atoms with Crippen LogP contribution in [0.2, 0.25) is 0 Å². The number of pyridine rings is 2. The molecule has 1 unspecified atom stereocenters. The molecule has 5 rings (SSSR count). The highest BCUT2D eigenvalue weighted by atomic mass is 16.6. The molecule has 4 heteroatoms. The molecule has 150 valence electrons. The molecular formula is C27H20N2O2. The van der Waals surface area contributed by atoms with E-state index in [2.05, 4.69) is 16.5 Å². The van der Waals surface area contributed by atoms with Crippen molar-refractivity contribution in [3.05, 3.63) is 120 Å². The smallest absolute Gasteiger partial charge is 0.334 e. The second-order valence-electron chi connectivity index (χ2n) is 7.56. The predicted octanol–water partition coefficient (Wildman–Crippen LogP) is 5.54. The van der Waals surface area contributed by atoms with Crippen LogP contribution in [-0.4, -0.2) is 15.9 Å². The lowest BCUT2D eigenvalue weighted by Crippen LogP contribution is -2.34. The van der Waals surface area contributed by atoms with Gasteiger partial charge >= 0.3 is 5.97 Å². The minimum Gasteiger partial charge on any atom is -0.441 e. The van der Waals surface area contributed by atoms with Gasteiger partial charge in [0.25, 0.3) is 0 Å². The molecule has 0 saturated heterocycles. The van der Waals surface area contributed by atoms with Crippen LogP contribution in [0, 0.1) is 0 Å². The summed E-state index contributed by atoms with van der Waals surface area (Å²) >= 11 is 0. The van der Waals surface area contributed by atoms with Gasteiger partial charge in [0.1, 0.15) is 0 Å². The molecule has 0 radical (unpaired) electrons. The van der Waals surface area contributed by atoms with Gasteiger partial charge in [-0.1, -0.05) is 73.3 Å². The van der Waals surface area contributed by atoms with Crippen LogP contribution in [0.3, 0.4) is 0 Å². The highest BCUT2D eigenvalue weighted by molar-refractivity contribution is 5.91. The molecular weight excluding hydrogens is 384 g/mol. The number of benzene rings is 2. The number of hydrogen-bond acceptors (Lipinski definition) is 4. The van der Waals surface area contributed by atoms with Gasteiger partial charge < -0.3 is 4.74 Å². The number of fused-ring (bicyclic) bond motifs is 3. The maximum atomic E-state index is 13.0. The van der Waals surface area contributed by atoms with E-state index in [0.29, 0.717) is 11.3 Å². The van der Waals surface area contributed by atoms with Crippen molar-refractivity contribution in [1.29, 1.82) is 0 Å². The molecule has 0 amide bonds. The van der Waals surface area contributed by atoms with Gasteiger partial charge in [-0.15, -0.1) is 0 Å². The molecule has 0 N–H and O–H groups in total. The van der Waals surface area contributed by atoms with E-state index in [-0.39, 0.29) is 0 Å². The molecule has 0 aliphatic heterocycles. The first-order valence-electron chi connectivity index (χ1n) is 10.1. The number of esters is 1. The molecule has 1 atom stereocenters. The van der Waals surface area contributed by atoms with Gasteiger partial charge in [0.15, 0.2) is 5.60 Å². The molecule has 2 heterocycles. The van der Waals surface area contributed by atoms with Crippen LogP contribution >= 0.6 is 0 Å². The summed E-state index contributed by atoms with van der Waals surface area (Å²) in [6, 6.07) is 25.6. The third-order valence-electron chi connectivity index (χ3n) is 5.57. The third kappa shape index (κ3) is 2.88. The minimum atomic E-state index is -1.18. The Bertz CT molecular complexity index is 1300. The Morgan fingerprint density at radius 3 is 2.23 bits per heavy atom. The second kappa shape index (κ2) is 7.33. The number of carbonyl (C=O) groups excluding carboxylic acids is 1. The second-order valence-corrected chi connectivity index (χ2v) is 7.56. The number of nitrogens with zero attached hydrogens (tertiary/aromatic N) is 2. The van der Waals surface area contributed by atoms with Crippen molar-refractivity contribution >= 4 is 5.97 Å². The fourth-order valence-corrected chi connectivity index (χ4v) is 4.23. The molecule has 0 spiro atoms. The Hall–Kier alpha value is -4.05. The summed E-state index contributed by atoms with van der Waals surface area (Å²) in [7, 11) is 0. The van der Waals surface area contributed by atoms with Crippen molar-refractivity contribution < 1.29 is 9.53 Å². The predicted molar refractivity (Wildman–Crippen MR) is 120 cm³/mol. The molecule has 0 saturated carbocycles. The van der Waals surface area contributed by atoms with E-state index in [1.165, 1.54) is 0 Å². The van der Waals surface area contributed by atoms with E-state index in [1.54, 1.807) is 19.3 Å².